The van der Waals surface area contributed by atoms with E-state index < -0.39 is 0 Å². The van der Waals surface area contributed by atoms with E-state index in [1.54, 1.807) is 0 Å². The minimum Gasteiger partial charge on any atom is -0.379 e. The quantitative estimate of drug-likeness (QED) is 0.780. The normalized spacial score (nSPS) is 31.3. The van der Waals surface area contributed by atoms with Crippen molar-refractivity contribution in [2.75, 3.05) is 27.2 Å². The van der Waals surface area contributed by atoms with Gasteiger partial charge in [-0.1, -0.05) is 26.7 Å². The highest BCUT2D eigenvalue weighted by Gasteiger charge is 2.43. The first-order valence-corrected chi connectivity index (χ1v) is 6.51. The number of nitrogens with zero attached hydrogens (tertiary/aromatic N) is 1. The van der Waals surface area contributed by atoms with Crippen molar-refractivity contribution in [2.45, 2.75) is 51.2 Å². The van der Waals surface area contributed by atoms with Gasteiger partial charge in [0.05, 0.1) is 11.6 Å². The summed E-state index contributed by atoms with van der Waals surface area (Å²) in [4.78, 5) is 2.44. The fraction of sp³-hybridized carbons (Fsp3) is 1.00. The molecule has 0 aliphatic heterocycles. The highest BCUT2D eigenvalue weighted by atomic mass is 16.5. The lowest BCUT2D eigenvalue weighted by Gasteiger charge is -2.49. The monoisotopic (exact) mass is 228 g/mol. The van der Waals surface area contributed by atoms with Gasteiger partial charge in [-0.25, -0.2) is 0 Å². The number of ether oxygens (including phenoxy) is 1. The molecule has 1 fully saturated rings. The Morgan fingerprint density at radius 2 is 2.12 bits per heavy atom. The molecule has 3 heteroatoms. The SMILES string of the molecule is COC1CCCCC1(CN)N(C)CC(C)C. The van der Waals surface area contributed by atoms with Crippen LogP contribution in [0.2, 0.25) is 0 Å². The molecule has 16 heavy (non-hydrogen) atoms. The smallest absolute Gasteiger partial charge is 0.0767 e. The Balaban J connectivity index is 2.79. The Bertz CT molecular complexity index is 208. The third-order valence-electron chi connectivity index (χ3n) is 3.96. The molecular weight excluding hydrogens is 200 g/mol. The largest absolute Gasteiger partial charge is 0.379 e. The molecule has 1 rings (SSSR count). The van der Waals surface area contributed by atoms with Crippen molar-refractivity contribution in [1.82, 2.24) is 4.90 Å². The van der Waals surface area contributed by atoms with Crippen LogP contribution >= 0.6 is 0 Å². The van der Waals surface area contributed by atoms with Crippen LogP contribution < -0.4 is 5.73 Å². The van der Waals surface area contributed by atoms with E-state index in [0.29, 0.717) is 18.6 Å². The van der Waals surface area contributed by atoms with Crippen molar-refractivity contribution >= 4 is 0 Å². The van der Waals surface area contributed by atoms with Crippen molar-refractivity contribution in [3.63, 3.8) is 0 Å². The molecule has 2 unspecified atom stereocenters. The van der Waals surface area contributed by atoms with Crippen LogP contribution in [0.25, 0.3) is 0 Å². The zero-order valence-electron chi connectivity index (χ0n) is 11.3. The molecule has 0 amide bonds. The summed E-state index contributed by atoms with van der Waals surface area (Å²) in [5.41, 5.74) is 6.13. The fourth-order valence-electron chi connectivity index (χ4n) is 3.08. The predicted molar refractivity (Wildman–Crippen MR) is 68.5 cm³/mol. The summed E-state index contributed by atoms with van der Waals surface area (Å²) < 4.78 is 5.68. The molecule has 0 radical (unpaired) electrons. The molecule has 0 aromatic heterocycles. The number of nitrogens with two attached hydrogens (primary N) is 1. The first-order chi connectivity index (χ1) is 7.56. The topological polar surface area (TPSA) is 38.5 Å². The van der Waals surface area contributed by atoms with Crippen LogP contribution in [0.5, 0.6) is 0 Å². The van der Waals surface area contributed by atoms with E-state index in [0.717, 1.165) is 13.0 Å². The minimum absolute atomic E-state index is 0.0667. The van der Waals surface area contributed by atoms with Gasteiger partial charge >= 0.3 is 0 Å². The maximum absolute atomic E-state index is 6.06. The average molecular weight is 228 g/mol. The zero-order chi connectivity index (χ0) is 12.2. The van der Waals surface area contributed by atoms with Gasteiger partial charge in [0, 0.05) is 20.2 Å². The fourth-order valence-corrected chi connectivity index (χ4v) is 3.08. The van der Waals surface area contributed by atoms with Crippen molar-refractivity contribution in [1.29, 1.82) is 0 Å². The van der Waals surface area contributed by atoms with E-state index in [1.807, 2.05) is 7.11 Å². The molecule has 0 saturated heterocycles. The Kier molecular flexibility index (Phi) is 5.22. The van der Waals surface area contributed by atoms with E-state index in [2.05, 4.69) is 25.8 Å². The Morgan fingerprint density at radius 3 is 2.62 bits per heavy atom. The number of likely N-dealkylation sites (N-methyl/N-ethyl adjacent to an activating group) is 1. The van der Waals surface area contributed by atoms with E-state index in [-0.39, 0.29) is 5.54 Å². The van der Waals surface area contributed by atoms with Gasteiger partial charge in [-0.15, -0.1) is 0 Å². The zero-order valence-corrected chi connectivity index (χ0v) is 11.3. The molecule has 0 heterocycles. The van der Waals surface area contributed by atoms with Crippen LogP contribution in [0.3, 0.4) is 0 Å². The van der Waals surface area contributed by atoms with Gasteiger partial charge in [0.1, 0.15) is 0 Å². The van der Waals surface area contributed by atoms with Crippen molar-refractivity contribution < 1.29 is 4.74 Å². The average Bonchev–Trinajstić information content (AvgIpc) is 2.27. The summed E-state index contributed by atoms with van der Waals surface area (Å²) in [7, 11) is 4.02. The van der Waals surface area contributed by atoms with Crippen LogP contribution in [0, 0.1) is 5.92 Å². The van der Waals surface area contributed by atoms with Crippen molar-refractivity contribution in [3.05, 3.63) is 0 Å². The first kappa shape index (κ1) is 13.9. The van der Waals surface area contributed by atoms with Crippen LogP contribution in [-0.4, -0.2) is 43.8 Å². The third-order valence-corrected chi connectivity index (χ3v) is 3.96. The molecule has 2 atom stereocenters. The lowest BCUT2D eigenvalue weighted by molar-refractivity contribution is -0.0687. The third kappa shape index (κ3) is 2.76. The highest BCUT2D eigenvalue weighted by Crippen LogP contribution is 2.34. The maximum atomic E-state index is 6.06. The molecule has 3 nitrogen and oxygen atoms in total. The number of hydrogen-bond donors (Lipinski definition) is 1. The van der Waals surface area contributed by atoms with Gasteiger partial charge in [-0.05, 0) is 25.8 Å². The van der Waals surface area contributed by atoms with E-state index in [9.17, 15) is 0 Å². The number of rotatable bonds is 5. The van der Waals surface area contributed by atoms with E-state index in [1.165, 1.54) is 19.3 Å². The molecule has 0 aromatic carbocycles. The Morgan fingerprint density at radius 1 is 1.44 bits per heavy atom. The summed E-state index contributed by atoms with van der Waals surface area (Å²) in [6, 6.07) is 0. The predicted octanol–water partition coefficient (Wildman–Crippen LogP) is 1.86. The molecule has 0 aromatic rings. The first-order valence-electron chi connectivity index (χ1n) is 6.51. The molecule has 2 N–H and O–H groups in total. The molecule has 1 aliphatic rings. The molecular formula is C13H28N2O. The minimum atomic E-state index is 0.0667. The van der Waals surface area contributed by atoms with Gasteiger partial charge in [-0.2, -0.15) is 0 Å². The van der Waals surface area contributed by atoms with Crippen LogP contribution in [0.15, 0.2) is 0 Å². The molecule has 0 spiro atoms. The van der Waals surface area contributed by atoms with Gasteiger partial charge in [-0.3, -0.25) is 4.90 Å². The molecule has 96 valence electrons. The van der Waals surface area contributed by atoms with Crippen LogP contribution in [-0.2, 0) is 4.74 Å². The summed E-state index contributed by atoms with van der Waals surface area (Å²) in [5.74, 6) is 0.674. The summed E-state index contributed by atoms with van der Waals surface area (Å²) in [6.07, 6.45) is 5.17. The highest BCUT2D eigenvalue weighted by molar-refractivity contribution is 5.00. The summed E-state index contributed by atoms with van der Waals surface area (Å²) in [6.45, 7) is 6.31. The maximum Gasteiger partial charge on any atom is 0.0767 e. The Hall–Kier alpha value is -0.120. The van der Waals surface area contributed by atoms with Gasteiger partial charge < -0.3 is 10.5 Å². The second-order valence-electron chi connectivity index (χ2n) is 5.55. The summed E-state index contributed by atoms with van der Waals surface area (Å²) >= 11 is 0. The second kappa shape index (κ2) is 5.99. The van der Waals surface area contributed by atoms with Gasteiger partial charge in [0.2, 0.25) is 0 Å². The van der Waals surface area contributed by atoms with E-state index in [4.69, 9.17) is 10.5 Å². The molecule has 0 bridgehead atoms. The lowest BCUT2D eigenvalue weighted by atomic mass is 9.77. The standard InChI is InChI=1S/C13H28N2O/c1-11(2)9-15(3)13(10-14)8-6-5-7-12(13)16-4/h11-12H,5-10,14H2,1-4H3. The summed E-state index contributed by atoms with van der Waals surface area (Å²) in [5, 5.41) is 0. The number of methoxy groups -OCH3 is 1. The number of hydrogen-bond acceptors (Lipinski definition) is 3. The van der Waals surface area contributed by atoms with Gasteiger partial charge in [0.15, 0.2) is 0 Å². The molecule has 1 saturated carbocycles. The van der Waals surface area contributed by atoms with Gasteiger partial charge in [0.25, 0.3) is 0 Å². The molecule has 1 aliphatic carbocycles. The van der Waals surface area contributed by atoms with Crippen molar-refractivity contribution in [3.8, 4) is 0 Å². The Labute approximate surface area is 100 Å². The lowest BCUT2D eigenvalue weighted by Crippen LogP contribution is -2.62. The van der Waals surface area contributed by atoms with Crippen LogP contribution in [0.1, 0.15) is 39.5 Å². The van der Waals surface area contributed by atoms with E-state index >= 15 is 0 Å². The second-order valence-corrected chi connectivity index (χ2v) is 5.55. The van der Waals surface area contributed by atoms with Crippen molar-refractivity contribution in [2.24, 2.45) is 11.7 Å². The van der Waals surface area contributed by atoms with Crippen LogP contribution in [0.4, 0.5) is 0 Å².